The maximum Gasteiger partial charge on any atom is 0.323 e. The molecule has 0 atom stereocenters. The Kier molecular flexibility index (Phi) is 6.05. The maximum atomic E-state index is 12.9. The highest BCUT2D eigenvalue weighted by molar-refractivity contribution is 8.27. The van der Waals surface area contributed by atoms with Crippen LogP contribution in [-0.4, -0.2) is 62.0 Å². The number of rotatable bonds is 3. The van der Waals surface area contributed by atoms with Gasteiger partial charge in [-0.3, -0.25) is 5.32 Å². The fraction of sp³-hybridized carbons (Fsp3) is 0.409. The van der Waals surface area contributed by atoms with Crippen molar-refractivity contribution in [2.75, 3.05) is 45.8 Å². The van der Waals surface area contributed by atoms with Crippen LogP contribution in [0.1, 0.15) is 18.4 Å². The summed E-state index contributed by atoms with van der Waals surface area (Å²) in [6, 6.07) is 6.09. The number of amidine groups is 1. The van der Waals surface area contributed by atoms with Gasteiger partial charge in [-0.15, -0.1) is 0 Å². The lowest BCUT2D eigenvalue weighted by molar-refractivity contribution is 0.166. The first-order valence-corrected chi connectivity index (χ1v) is 11.2. The lowest BCUT2D eigenvalue weighted by Crippen LogP contribution is -2.50. The van der Waals surface area contributed by atoms with Gasteiger partial charge in [-0.25, -0.2) is 14.8 Å². The standard InChI is InChI=1S/C22H28N6O3S/c1-5-24-19-17(18(23)31-4)25-20(32-19)26-21(29)28-10-8-22(9-11-28)13-27(2)16-7-6-14(30-3)12-15(16)22/h5-7,12H,1,8-11,13,23H2,2-4H3,(H,25,26,29)/b18-17-,24-19+. The molecule has 4 rings (SSSR count). The van der Waals surface area contributed by atoms with Gasteiger partial charge in [0.15, 0.2) is 10.9 Å². The number of hydrogen-bond acceptors (Lipinski definition) is 8. The van der Waals surface area contributed by atoms with E-state index < -0.39 is 0 Å². The number of carbonyl (C=O) groups excluding carboxylic acids is 1. The van der Waals surface area contributed by atoms with Crippen molar-refractivity contribution in [1.82, 2.24) is 10.2 Å². The Morgan fingerprint density at radius 2 is 2.12 bits per heavy atom. The van der Waals surface area contributed by atoms with Crippen molar-refractivity contribution in [2.45, 2.75) is 18.3 Å². The van der Waals surface area contributed by atoms with Crippen molar-refractivity contribution < 1.29 is 14.3 Å². The molecule has 0 aromatic heterocycles. The summed E-state index contributed by atoms with van der Waals surface area (Å²) in [7, 11) is 5.27. The van der Waals surface area contributed by atoms with Crippen molar-refractivity contribution >= 4 is 33.7 Å². The quantitative estimate of drug-likeness (QED) is 0.678. The van der Waals surface area contributed by atoms with Gasteiger partial charge in [0, 0.05) is 44.0 Å². The number of benzene rings is 1. The van der Waals surface area contributed by atoms with E-state index in [-0.39, 0.29) is 17.3 Å². The van der Waals surface area contributed by atoms with Gasteiger partial charge in [0.25, 0.3) is 0 Å². The third kappa shape index (κ3) is 3.90. The molecule has 0 radical (unpaired) electrons. The van der Waals surface area contributed by atoms with Crippen molar-refractivity contribution in [3.8, 4) is 5.75 Å². The summed E-state index contributed by atoms with van der Waals surface area (Å²) in [5.74, 6) is 1.01. The molecule has 1 saturated heterocycles. The molecule has 1 spiro atoms. The summed E-state index contributed by atoms with van der Waals surface area (Å²) in [4.78, 5) is 25.6. The van der Waals surface area contributed by atoms with Crippen LogP contribution in [0.2, 0.25) is 0 Å². The number of piperidine rings is 1. The number of amides is 2. The lowest BCUT2D eigenvalue weighted by atomic mass is 9.74. The van der Waals surface area contributed by atoms with E-state index in [1.54, 1.807) is 7.11 Å². The molecule has 0 bridgehead atoms. The van der Waals surface area contributed by atoms with Gasteiger partial charge in [-0.1, -0.05) is 6.58 Å². The molecule has 3 aliphatic heterocycles. The molecule has 2 amide bonds. The zero-order valence-electron chi connectivity index (χ0n) is 18.6. The first-order chi connectivity index (χ1) is 15.4. The molecule has 10 heteroatoms. The van der Waals surface area contributed by atoms with Crippen LogP contribution in [0, 0.1) is 0 Å². The summed E-state index contributed by atoms with van der Waals surface area (Å²) >= 11 is 1.22. The number of thioether (sulfide) groups is 1. The molecule has 1 aromatic carbocycles. The molecule has 0 aliphatic carbocycles. The molecule has 3 aliphatic rings. The summed E-state index contributed by atoms with van der Waals surface area (Å²) in [5.41, 5.74) is 8.83. The first-order valence-electron chi connectivity index (χ1n) is 10.4. The van der Waals surface area contributed by atoms with Crippen LogP contribution in [0.3, 0.4) is 0 Å². The van der Waals surface area contributed by atoms with E-state index in [2.05, 4.69) is 46.0 Å². The van der Waals surface area contributed by atoms with E-state index in [4.69, 9.17) is 15.2 Å². The predicted molar refractivity (Wildman–Crippen MR) is 128 cm³/mol. The predicted octanol–water partition coefficient (Wildman–Crippen LogP) is 2.61. The van der Waals surface area contributed by atoms with E-state index in [1.165, 1.54) is 36.3 Å². The third-order valence-electron chi connectivity index (χ3n) is 6.22. The number of fused-ring (bicyclic) bond motifs is 2. The second-order valence-electron chi connectivity index (χ2n) is 7.99. The van der Waals surface area contributed by atoms with Crippen molar-refractivity contribution in [3.05, 3.63) is 48.1 Å². The van der Waals surface area contributed by atoms with Crippen LogP contribution in [0.15, 0.2) is 52.5 Å². The Bertz CT molecular complexity index is 1030. The highest BCUT2D eigenvalue weighted by Gasteiger charge is 2.44. The van der Waals surface area contributed by atoms with Crippen LogP contribution in [0.25, 0.3) is 0 Å². The number of urea groups is 1. The Morgan fingerprint density at radius 3 is 2.78 bits per heavy atom. The minimum Gasteiger partial charge on any atom is -0.497 e. The third-order valence-corrected chi connectivity index (χ3v) is 7.10. The summed E-state index contributed by atoms with van der Waals surface area (Å²) in [6.45, 7) is 5.87. The fourth-order valence-electron chi connectivity index (χ4n) is 4.55. The number of nitrogens with zero attached hydrogens (tertiary/aromatic N) is 4. The number of anilines is 1. The molecular formula is C22H28N6O3S. The molecule has 32 heavy (non-hydrogen) atoms. The molecule has 170 valence electrons. The van der Waals surface area contributed by atoms with Gasteiger partial charge >= 0.3 is 6.03 Å². The maximum absolute atomic E-state index is 12.9. The van der Waals surface area contributed by atoms with Crippen LogP contribution in [0.4, 0.5) is 10.5 Å². The summed E-state index contributed by atoms with van der Waals surface area (Å²) < 4.78 is 10.5. The molecule has 3 N–H and O–H groups in total. The van der Waals surface area contributed by atoms with E-state index in [0.29, 0.717) is 29.0 Å². The average Bonchev–Trinajstić information content (AvgIpc) is 3.32. The number of likely N-dealkylation sites (N-methyl/N-ethyl adjacent to an activating group) is 1. The molecule has 3 heterocycles. The smallest absolute Gasteiger partial charge is 0.323 e. The average molecular weight is 457 g/mol. The van der Waals surface area contributed by atoms with Crippen LogP contribution in [0.5, 0.6) is 5.75 Å². The van der Waals surface area contributed by atoms with Crippen molar-refractivity contribution in [3.63, 3.8) is 0 Å². The molecule has 0 unspecified atom stereocenters. The monoisotopic (exact) mass is 456 g/mol. The summed E-state index contributed by atoms with van der Waals surface area (Å²) in [6.07, 6.45) is 3.17. The normalized spacial score (nSPS) is 22.0. The van der Waals surface area contributed by atoms with E-state index >= 15 is 0 Å². The minimum absolute atomic E-state index is 0.0294. The van der Waals surface area contributed by atoms with Crippen LogP contribution < -0.4 is 20.7 Å². The molecule has 1 fully saturated rings. The second-order valence-corrected chi connectivity index (χ2v) is 8.97. The number of ether oxygens (including phenoxy) is 2. The summed E-state index contributed by atoms with van der Waals surface area (Å²) in [5, 5.41) is 3.83. The van der Waals surface area contributed by atoms with Gasteiger partial charge in [0.05, 0.1) is 14.2 Å². The van der Waals surface area contributed by atoms with Gasteiger partial charge in [0.2, 0.25) is 5.88 Å². The Labute approximate surface area is 192 Å². The van der Waals surface area contributed by atoms with E-state index in [9.17, 15) is 4.79 Å². The minimum atomic E-state index is -0.182. The van der Waals surface area contributed by atoms with Gasteiger partial charge in [-0.2, -0.15) is 0 Å². The lowest BCUT2D eigenvalue weighted by Gasteiger charge is -2.39. The van der Waals surface area contributed by atoms with Crippen LogP contribution in [-0.2, 0) is 10.2 Å². The SMILES string of the molecule is C=C/N=C1/SC(NC(=O)N2CCC3(CC2)CN(C)c2ccc(OC)cc23)=N/C1=C(/N)OC. The number of likely N-dealkylation sites (tertiary alicyclic amines) is 1. The first kappa shape index (κ1) is 22.1. The van der Waals surface area contributed by atoms with Crippen molar-refractivity contribution in [2.24, 2.45) is 15.7 Å². The van der Waals surface area contributed by atoms with E-state index in [1.807, 2.05) is 11.0 Å². The molecule has 9 nitrogen and oxygen atoms in total. The second kappa shape index (κ2) is 8.78. The highest BCUT2D eigenvalue weighted by Crippen LogP contribution is 2.47. The largest absolute Gasteiger partial charge is 0.497 e. The van der Waals surface area contributed by atoms with Gasteiger partial charge < -0.3 is 25.0 Å². The molecular weight excluding hydrogens is 428 g/mol. The van der Waals surface area contributed by atoms with Crippen LogP contribution >= 0.6 is 11.8 Å². The Balaban J connectivity index is 1.44. The number of carbonyl (C=O) groups is 1. The fourth-order valence-corrected chi connectivity index (χ4v) is 5.38. The van der Waals surface area contributed by atoms with Gasteiger partial charge in [-0.05, 0) is 48.4 Å². The number of nitrogens with two attached hydrogens (primary N) is 1. The van der Waals surface area contributed by atoms with Crippen molar-refractivity contribution in [1.29, 1.82) is 0 Å². The number of methoxy groups -OCH3 is 2. The molecule has 0 saturated carbocycles. The van der Waals surface area contributed by atoms with Gasteiger partial charge in [0.1, 0.15) is 10.8 Å². The number of hydrogen-bond donors (Lipinski definition) is 2. The highest BCUT2D eigenvalue weighted by atomic mass is 32.2. The Hall–Kier alpha value is -3.14. The zero-order chi connectivity index (χ0) is 22.9. The Morgan fingerprint density at radius 1 is 1.38 bits per heavy atom. The zero-order valence-corrected chi connectivity index (χ0v) is 19.4. The number of nitrogens with one attached hydrogen (secondary N) is 1. The topological polar surface area (TPSA) is 105 Å². The van der Waals surface area contributed by atoms with E-state index in [0.717, 1.165) is 25.1 Å². The molecule has 1 aromatic rings. The number of aliphatic imine (C=N–C) groups is 2.